The van der Waals surface area contributed by atoms with E-state index in [9.17, 15) is 4.79 Å². The van der Waals surface area contributed by atoms with E-state index >= 15 is 0 Å². The van der Waals surface area contributed by atoms with Crippen LogP contribution in [0.5, 0.6) is 11.5 Å². The molecule has 5 heteroatoms. The Morgan fingerprint density at radius 3 is 2.60 bits per heavy atom. The summed E-state index contributed by atoms with van der Waals surface area (Å²) in [4.78, 5) is 14.3. The van der Waals surface area contributed by atoms with E-state index in [1.165, 1.54) is 0 Å². The van der Waals surface area contributed by atoms with Gasteiger partial charge >= 0.3 is 0 Å². The Morgan fingerprint density at radius 1 is 1.30 bits per heavy atom. The van der Waals surface area contributed by atoms with Crippen molar-refractivity contribution in [3.05, 3.63) is 44.1 Å². The van der Waals surface area contributed by atoms with Gasteiger partial charge in [0.15, 0.2) is 6.61 Å². The monoisotopic (exact) mass is 354 g/mol. The first-order valence-electron chi connectivity index (χ1n) is 6.08. The Hall–Kier alpha value is -1.33. The van der Waals surface area contributed by atoms with Gasteiger partial charge in [-0.15, -0.1) is 11.3 Å². The van der Waals surface area contributed by atoms with Crippen molar-refractivity contribution in [2.75, 3.05) is 13.7 Å². The standard InChI is InChI=1S/C15H15BrO3S/c1-9-6-12(10(2)20-9)14(17)8-19-15-5-4-11(18-3)7-13(15)16/h4-7H,8H2,1-3H3. The number of aryl methyl sites for hydroxylation is 2. The summed E-state index contributed by atoms with van der Waals surface area (Å²) in [7, 11) is 1.60. The quantitative estimate of drug-likeness (QED) is 0.746. The highest BCUT2D eigenvalue weighted by atomic mass is 79.9. The fourth-order valence-electron chi connectivity index (χ4n) is 1.85. The number of halogens is 1. The van der Waals surface area contributed by atoms with Gasteiger partial charge in [-0.25, -0.2) is 0 Å². The molecule has 0 unspecified atom stereocenters. The van der Waals surface area contributed by atoms with Crippen LogP contribution in [0.15, 0.2) is 28.7 Å². The van der Waals surface area contributed by atoms with Crippen molar-refractivity contribution in [2.24, 2.45) is 0 Å². The predicted octanol–water partition coefficient (Wildman–Crippen LogP) is 4.40. The highest BCUT2D eigenvalue weighted by Crippen LogP contribution is 2.29. The molecule has 2 aromatic rings. The molecule has 2 rings (SSSR count). The average Bonchev–Trinajstić information content (AvgIpc) is 2.76. The molecule has 0 aliphatic heterocycles. The highest BCUT2D eigenvalue weighted by molar-refractivity contribution is 9.10. The van der Waals surface area contributed by atoms with Crippen LogP contribution >= 0.6 is 27.3 Å². The SMILES string of the molecule is COc1ccc(OCC(=O)c2cc(C)sc2C)c(Br)c1. The maximum atomic E-state index is 12.1. The topological polar surface area (TPSA) is 35.5 Å². The number of hydrogen-bond donors (Lipinski definition) is 0. The average molecular weight is 355 g/mol. The molecule has 0 amide bonds. The second-order valence-electron chi connectivity index (χ2n) is 4.34. The lowest BCUT2D eigenvalue weighted by Gasteiger charge is -2.08. The van der Waals surface area contributed by atoms with Crippen molar-refractivity contribution in [3.8, 4) is 11.5 Å². The first-order valence-corrected chi connectivity index (χ1v) is 7.68. The summed E-state index contributed by atoms with van der Waals surface area (Å²) in [6.45, 7) is 3.98. The molecule has 1 aromatic carbocycles. The lowest BCUT2D eigenvalue weighted by Crippen LogP contribution is -2.12. The van der Waals surface area contributed by atoms with Crippen molar-refractivity contribution >= 4 is 33.0 Å². The van der Waals surface area contributed by atoms with Crippen LogP contribution in [-0.4, -0.2) is 19.5 Å². The second-order valence-corrected chi connectivity index (χ2v) is 6.65. The Morgan fingerprint density at radius 2 is 2.05 bits per heavy atom. The van der Waals surface area contributed by atoms with E-state index < -0.39 is 0 Å². The third-order valence-electron chi connectivity index (χ3n) is 2.84. The fourth-order valence-corrected chi connectivity index (χ4v) is 3.27. The Bertz CT molecular complexity index is 634. The summed E-state index contributed by atoms with van der Waals surface area (Å²) in [6.07, 6.45) is 0. The van der Waals surface area contributed by atoms with E-state index in [-0.39, 0.29) is 12.4 Å². The molecule has 0 atom stereocenters. The Balaban J connectivity index is 2.05. The van der Waals surface area contributed by atoms with Gasteiger partial charge in [0.1, 0.15) is 11.5 Å². The van der Waals surface area contributed by atoms with Gasteiger partial charge in [0, 0.05) is 15.3 Å². The number of carbonyl (C=O) groups excluding carboxylic acids is 1. The molecule has 0 aliphatic carbocycles. The maximum absolute atomic E-state index is 12.1. The van der Waals surface area contributed by atoms with E-state index in [4.69, 9.17) is 9.47 Å². The molecule has 0 saturated carbocycles. The van der Waals surface area contributed by atoms with Crippen LogP contribution in [0.25, 0.3) is 0 Å². The van der Waals surface area contributed by atoms with Gasteiger partial charge in [0.25, 0.3) is 0 Å². The molecule has 0 fully saturated rings. The lowest BCUT2D eigenvalue weighted by molar-refractivity contribution is 0.0921. The van der Waals surface area contributed by atoms with Gasteiger partial charge in [0.05, 0.1) is 11.6 Å². The molecular formula is C15H15BrO3S. The van der Waals surface area contributed by atoms with Crippen molar-refractivity contribution in [3.63, 3.8) is 0 Å². The number of Topliss-reactive ketones (excluding diaryl/α,β-unsaturated/α-hetero) is 1. The van der Waals surface area contributed by atoms with Crippen molar-refractivity contribution in [2.45, 2.75) is 13.8 Å². The third kappa shape index (κ3) is 3.41. The molecule has 1 aromatic heterocycles. The maximum Gasteiger partial charge on any atom is 0.201 e. The smallest absolute Gasteiger partial charge is 0.201 e. The molecule has 0 saturated heterocycles. The fraction of sp³-hybridized carbons (Fsp3) is 0.267. The van der Waals surface area contributed by atoms with E-state index in [0.717, 1.165) is 25.5 Å². The van der Waals surface area contributed by atoms with E-state index in [0.29, 0.717) is 5.75 Å². The molecule has 0 aliphatic rings. The van der Waals surface area contributed by atoms with Gasteiger partial charge in [0.2, 0.25) is 5.78 Å². The van der Waals surface area contributed by atoms with Crippen molar-refractivity contribution < 1.29 is 14.3 Å². The van der Waals surface area contributed by atoms with Crippen LogP contribution < -0.4 is 9.47 Å². The van der Waals surface area contributed by atoms with Gasteiger partial charge in [-0.2, -0.15) is 0 Å². The summed E-state index contributed by atoms with van der Waals surface area (Å²) in [5, 5.41) is 0. The van der Waals surface area contributed by atoms with E-state index in [2.05, 4.69) is 15.9 Å². The van der Waals surface area contributed by atoms with Gasteiger partial charge in [-0.05, 0) is 54.0 Å². The summed E-state index contributed by atoms with van der Waals surface area (Å²) >= 11 is 5.02. The van der Waals surface area contributed by atoms with Crippen LogP contribution in [0.1, 0.15) is 20.1 Å². The van der Waals surface area contributed by atoms with Gasteiger partial charge in [-0.1, -0.05) is 0 Å². The second kappa shape index (κ2) is 6.41. The van der Waals surface area contributed by atoms with Crippen LogP contribution in [-0.2, 0) is 0 Å². The number of thiophene rings is 1. The Labute approximate surface area is 130 Å². The molecule has 0 N–H and O–H groups in total. The summed E-state index contributed by atoms with van der Waals surface area (Å²) in [5.74, 6) is 1.36. The minimum atomic E-state index is -0.00503. The van der Waals surface area contributed by atoms with Crippen molar-refractivity contribution in [1.82, 2.24) is 0 Å². The molecular weight excluding hydrogens is 340 g/mol. The summed E-state index contributed by atoms with van der Waals surface area (Å²) < 4.78 is 11.4. The van der Waals surface area contributed by atoms with E-state index in [1.807, 2.05) is 19.9 Å². The minimum absolute atomic E-state index is 0.00503. The highest BCUT2D eigenvalue weighted by Gasteiger charge is 2.13. The predicted molar refractivity (Wildman–Crippen MR) is 84.3 cm³/mol. The zero-order valence-corrected chi connectivity index (χ0v) is 13.9. The van der Waals surface area contributed by atoms with Crippen LogP contribution in [0.4, 0.5) is 0 Å². The summed E-state index contributed by atoms with van der Waals surface area (Å²) in [5.41, 5.74) is 0.747. The molecule has 0 radical (unpaired) electrons. The number of ether oxygens (including phenoxy) is 2. The largest absolute Gasteiger partial charge is 0.497 e. The zero-order chi connectivity index (χ0) is 14.7. The molecule has 3 nitrogen and oxygen atoms in total. The minimum Gasteiger partial charge on any atom is -0.497 e. The van der Waals surface area contributed by atoms with E-state index in [1.54, 1.807) is 36.6 Å². The molecule has 0 bridgehead atoms. The summed E-state index contributed by atoms with van der Waals surface area (Å²) in [6, 6.07) is 7.29. The van der Waals surface area contributed by atoms with Crippen LogP contribution in [0.3, 0.4) is 0 Å². The zero-order valence-electron chi connectivity index (χ0n) is 11.5. The molecule has 1 heterocycles. The van der Waals surface area contributed by atoms with Crippen LogP contribution in [0.2, 0.25) is 0 Å². The molecule has 106 valence electrons. The number of hydrogen-bond acceptors (Lipinski definition) is 4. The number of methoxy groups -OCH3 is 1. The lowest BCUT2D eigenvalue weighted by atomic mass is 10.2. The number of ketones is 1. The first-order chi connectivity index (χ1) is 9.51. The third-order valence-corrected chi connectivity index (χ3v) is 4.42. The molecule has 20 heavy (non-hydrogen) atoms. The Kier molecular flexibility index (Phi) is 4.83. The van der Waals surface area contributed by atoms with Gasteiger partial charge < -0.3 is 9.47 Å². The first kappa shape index (κ1) is 15.1. The number of benzene rings is 1. The van der Waals surface area contributed by atoms with Crippen LogP contribution in [0, 0.1) is 13.8 Å². The number of carbonyl (C=O) groups is 1. The van der Waals surface area contributed by atoms with Gasteiger partial charge in [-0.3, -0.25) is 4.79 Å². The van der Waals surface area contributed by atoms with Crippen molar-refractivity contribution in [1.29, 1.82) is 0 Å². The normalized spacial score (nSPS) is 10.4. The molecule has 0 spiro atoms. The number of rotatable bonds is 5.